The summed E-state index contributed by atoms with van der Waals surface area (Å²) in [6, 6.07) is 4.13. The van der Waals surface area contributed by atoms with Crippen LogP contribution >= 0.6 is 11.3 Å². The molecule has 24 heavy (non-hydrogen) atoms. The molecule has 1 N–H and O–H groups in total. The van der Waals surface area contributed by atoms with Gasteiger partial charge in [0.15, 0.2) is 0 Å². The second-order valence-electron chi connectivity index (χ2n) is 6.99. The Morgan fingerprint density at radius 1 is 1.58 bits per heavy atom. The van der Waals surface area contributed by atoms with Gasteiger partial charge in [0.2, 0.25) is 11.8 Å². The Morgan fingerprint density at radius 3 is 3.12 bits per heavy atom. The average molecular weight is 346 g/mol. The first-order valence-corrected chi connectivity index (χ1v) is 9.41. The second-order valence-corrected chi connectivity index (χ2v) is 8.02. The number of fused-ring (bicyclic) bond motifs is 1. The number of ether oxygens (including phenoxy) is 1. The van der Waals surface area contributed by atoms with Crippen molar-refractivity contribution in [3.05, 3.63) is 34.5 Å². The minimum atomic E-state index is -0.615. The van der Waals surface area contributed by atoms with Crippen molar-refractivity contribution >= 4 is 23.2 Å². The molecule has 0 aliphatic carbocycles. The van der Waals surface area contributed by atoms with Crippen molar-refractivity contribution in [2.24, 2.45) is 11.8 Å². The van der Waals surface area contributed by atoms with Crippen molar-refractivity contribution in [3.63, 3.8) is 0 Å². The van der Waals surface area contributed by atoms with Crippen molar-refractivity contribution < 1.29 is 14.3 Å². The van der Waals surface area contributed by atoms with Gasteiger partial charge in [-0.2, -0.15) is 0 Å². The number of nitrogens with zero attached hydrogens (tertiary/aromatic N) is 1. The molecule has 0 saturated carbocycles. The normalized spacial score (nSPS) is 34.7. The molecule has 3 aliphatic rings. The van der Waals surface area contributed by atoms with Gasteiger partial charge in [-0.3, -0.25) is 9.59 Å². The van der Waals surface area contributed by atoms with E-state index < -0.39 is 17.4 Å². The summed E-state index contributed by atoms with van der Waals surface area (Å²) in [7, 11) is 0. The largest absolute Gasteiger partial charge is 0.360 e. The van der Waals surface area contributed by atoms with E-state index in [1.54, 1.807) is 11.3 Å². The van der Waals surface area contributed by atoms with E-state index in [9.17, 15) is 9.59 Å². The number of nitrogens with one attached hydrogen (secondary N) is 1. The number of amides is 2. The van der Waals surface area contributed by atoms with Gasteiger partial charge in [-0.15, -0.1) is 11.3 Å². The summed E-state index contributed by atoms with van der Waals surface area (Å²) in [4.78, 5) is 28.7. The van der Waals surface area contributed by atoms with Crippen molar-refractivity contribution in [1.82, 2.24) is 10.2 Å². The smallest absolute Gasteiger partial charge is 0.230 e. The van der Waals surface area contributed by atoms with Crippen LogP contribution in [0.4, 0.5) is 0 Å². The first kappa shape index (κ1) is 15.8. The number of carbonyl (C=O) groups is 2. The second kappa shape index (κ2) is 5.70. The summed E-state index contributed by atoms with van der Waals surface area (Å²) in [5, 5.41) is 5.04. The van der Waals surface area contributed by atoms with Crippen LogP contribution in [0.25, 0.3) is 0 Å². The lowest BCUT2D eigenvalue weighted by Gasteiger charge is -2.24. The molecule has 4 rings (SSSR count). The molecule has 0 aromatic carbocycles. The molecule has 3 aliphatic heterocycles. The van der Waals surface area contributed by atoms with Gasteiger partial charge in [0.1, 0.15) is 5.60 Å². The van der Waals surface area contributed by atoms with E-state index in [-0.39, 0.29) is 24.0 Å². The van der Waals surface area contributed by atoms with E-state index in [4.69, 9.17) is 4.74 Å². The molecule has 128 valence electrons. The predicted octanol–water partition coefficient (Wildman–Crippen LogP) is 1.94. The zero-order valence-corrected chi connectivity index (χ0v) is 14.7. The number of thiophene rings is 1. The highest BCUT2D eigenvalue weighted by Gasteiger charge is 2.66. The van der Waals surface area contributed by atoms with Crippen LogP contribution in [0.5, 0.6) is 0 Å². The minimum Gasteiger partial charge on any atom is -0.360 e. The Balaban J connectivity index is 1.56. The summed E-state index contributed by atoms with van der Waals surface area (Å²) in [6.45, 7) is 5.15. The molecule has 5 unspecified atom stereocenters. The lowest BCUT2D eigenvalue weighted by Crippen LogP contribution is -2.46. The number of likely N-dealkylation sites (tertiary alicyclic amines) is 1. The van der Waals surface area contributed by atoms with Gasteiger partial charge in [-0.25, -0.2) is 0 Å². The third-order valence-corrected chi connectivity index (χ3v) is 6.27. The zero-order chi connectivity index (χ0) is 16.9. The summed E-state index contributed by atoms with van der Waals surface area (Å²) in [6.07, 6.45) is 4.56. The molecule has 5 atom stereocenters. The molecule has 6 heteroatoms. The Hall–Kier alpha value is -1.66. The lowest BCUT2D eigenvalue weighted by molar-refractivity contribution is -0.138. The number of hydrogen-bond acceptors (Lipinski definition) is 4. The standard InChI is InChI=1S/C18H22N2O3S/c1-3-11(2)19-16(21)14-13-6-7-18(23-13)10-20(17(22)15(14)18)9-12-5-4-8-24-12/h4-8,11,13-15H,3,9-10H2,1-2H3,(H,19,21). The molecular formula is C18H22N2O3S. The van der Waals surface area contributed by atoms with Gasteiger partial charge in [-0.05, 0) is 24.8 Å². The monoisotopic (exact) mass is 346 g/mol. The molecule has 1 aromatic rings. The number of rotatable bonds is 5. The SMILES string of the molecule is CCC(C)NC(=O)C1C2C=CC3(CN(Cc4cccs4)C(=O)C13)O2. The first-order valence-electron chi connectivity index (χ1n) is 8.53. The fourth-order valence-corrected chi connectivity index (χ4v) is 4.76. The zero-order valence-electron chi connectivity index (χ0n) is 13.9. The highest BCUT2D eigenvalue weighted by molar-refractivity contribution is 7.09. The molecule has 2 saturated heterocycles. The van der Waals surface area contributed by atoms with Gasteiger partial charge in [0.05, 0.1) is 31.0 Å². The molecule has 1 spiro atoms. The molecule has 2 fully saturated rings. The number of hydrogen-bond donors (Lipinski definition) is 1. The Morgan fingerprint density at radius 2 is 2.42 bits per heavy atom. The van der Waals surface area contributed by atoms with Crippen molar-refractivity contribution in [2.45, 2.75) is 44.6 Å². The molecule has 2 bridgehead atoms. The van der Waals surface area contributed by atoms with Gasteiger partial charge >= 0.3 is 0 Å². The molecule has 4 heterocycles. The fraction of sp³-hybridized carbons (Fsp3) is 0.556. The van der Waals surface area contributed by atoms with Crippen LogP contribution in [-0.4, -0.2) is 41.0 Å². The van der Waals surface area contributed by atoms with Crippen molar-refractivity contribution in [3.8, 4) is 0 Å². The Labute approximate surface area is 145 Å². The van der Waals surface area contributed by atoms with Crippen LogP contribution in [0.2, 0.25) is 0 Å². The van der Waals surface area contributed by atoms with Gasteiger partial charge in [-0.1, -0.05) is 25.1 Å². The van der Waals surface area contributed by atoms with Gasteiger partial charge in [0, 0.05) is 10.9 Å². The fourth-order valence-electron chi connectivity index (χ4n) is 4.04. The van der Waals surface area contributed by atoms with Gasteiger partial charge < -0.3 is 15.0 Å². The van der Waals surface area contributed by atoms with Crippen LogP contribution in [-0.2, 0) is 20.9 Å². The van der Waals surface area contributed by atoms with Gasteiger partial charge in [0.25, 0.3) is 0 Å². The first-order chi connectivity index (χ1) is 11.5. The highest BCUT2D eigenvalue weighted by Crippen LogP contribution is 2.52. The molecule has 0 radical (unpaired) electrons. The summed E-state index contributed by atoms with van der Waals surface area (Å²) in [5.41, 5.74) is -0.615. The van der Waals surface area contributed by atoms with E-state index in [2.05, 4.69) is 5.32 Å². The van der Waals surface area contributed by atoms with Crippen molar-refractivity contribution in [2.75, 3.05) is 6.54 Å². The molecule has 2 amide bonds. The quantitative estimate of drug-likeness (QED) is 0.829. The Bertz CT molecular complexity index is 686. The molecule has 5 nitrogen and oxygen atoms in total. The van der Waals surface area contributed by atoms with E-state index in [1.165, 1.54) is 0 Å². The molecule has 1 aromatic heterocycles. The van der Waals surface area contributed by atoms with Crippen molar-refractivity contribution in [1.29, 1.82) is 0 Å². The maximum absolute atomic E-state index is 13.0. The van der Waals surface area contributed by atoms with Crippen LogP contribution in [0.1, 0.15) is 25.1 Å². The van der Waals surface area contributed by atoms with E-state index in [0.717, 1.165) is 11.3 Å². The van der Waals surface area contributed by atoms with E-state index in [1.807, 2.05) is 48.4 Å². The summed E-state index contributed by atoms with van der Waals surface area (Å²) >= 11 is 1.64. The maximum Gasteiger partial charge on any atom is 0.230 e. The van der Waals surface area contributed by atoms with E-state index in [0.29, 0.717) is 13.1 Å². The summed E-state index contributed by atoms with van der Waals surface area (Å²) in [5.74, 6) is -0.821. The van der Waals surface area contributed by atoms with Crippen LogP contribution < -0.4 is 5.32 Å². The average Bonchev–Trinajstić information content (AvgIpc) is 3.30. The van der Waals surface area contributed by atoms with E-state index >= 15 is 0 Å². The van der Waals surface area contributed by atoms with Crippen LogP contribution in [0.3, 0.4) is 0 Å². The summed E-state index contributed by atoms with van der Waals surface area (Å²) < 4.78 is 6.12. The number of carbonyl (C=O) groups excluding carboxylic acids is 2. The topological polar surface area (TPSA) is 58.6 Å². The molecular weight excluding hydrogens is 324 g/mol. The van der Waals surface area contributed by atoms with Crippen LogP contribution in [0.15, 0.2) is 29.7 Å². The van der Waals surface area contributed by atoms with Crippen LogP contribution in [0, 0.1) is 11.8 Å². The lowest BCUT2D eigenvalue weighted by atomic mass is 9.76. The highest BCUT2D eigenvalue weighted by atomic mass is 32.1. The maximum atomic E-state index is 13.0. The third kappa shape index (κ3) is 2.31. The third-order valence-electron chi connectivity index (χ3n) is 5.41. The Kier molecular flexibility index (Phi) is 3.77. The minimum absolute atomic E-state index is 0.0413. The predicted molar refractivity (Wildman–Crippen MR) is 91.4 cm³/mol.